The molecule has 7 heteroatoms. The standard InChI is InChI=1S/C20H15N3O3S/c1-12-9-13(20(25)26)10-18(19(12)24)23-21-16-8-7-15(11-17(16)22-23)27-14-5-3-2-4-6-14/h2-11,24H,1H3,(H,25,26). The minimum atomic E-state index is -1.07. The van der Waals surface area contributed by atoms with Crippen molar-refractivity contribution in [3.8, 4) is 11.4 Å². The molecule has 2 N–H and O–H groups in total. The Hall–Kier alpha value is -3.32. The average molecular weight is 377 g/mol. The molecule has 0 fully saturated rings. The van der Waals surface area contributed by atoms with Crippen LogP contribution in [-0.4, -0.2) is 31.2 Å². The average Bonchev–Trinajstić information content (AvgIpc) is 3.07. The summed E-state index contributed by atoms with van der Waals surface area (Å²) in [6.07, 6.45) is 0. The molecule has 27 heavy (non-hydrogen) atoms. The summed E-state index contributed by atoms with van der Waals surface area (Å²) in [5.74, 6) is -1.11. The number of aromatic hydroxyl groups is 1. The predicted molar refractivity (Wildman–Crippen MR) is 103 cm³/mol. The summed E-state index contributed by atoms with van der Waals surface area (Å²) in [5.41, 5.74) is 2.08. The smallest absolute Gasteiger partial charge is 0.335 e. The second-order valence-corrected chi connectivity index (χ2v) is 7.17. The largest absolute Gasteiger partial charge is 0.505 e. The molecule has 1 heterocycles. The fourth-order valence-electron chi connectivity index (χ4n) is 2.73. The Bertz CT molecular complexity index is 1160. The highest BCUT2D eigenvalue weighted by molar-refractivity contribution is 7.99. The molecule has 4 aromatic rings. The zero-order chi connectivity index (χ0) is 19.0. The molecule has 0 aliphatic rings. The van der Waals surface area contributed by atoms with Gasteiger partial charge in [-0.25, -0.2) is 4.79 Å². The van der Waals surface area contributed by atoms with E-state index in [-0.39, 0.29) is 17.0 Å². The van der Waals surface area contributed by atoms with Crippen molar-refractivity contribution in [2.75, 3.05) is 0 Å². The molecule has 3 aromatic carbocycles. The van der Waals surface area contributed by atoms with Crippen molar-refractivity contribution in [2.45, 2.75) is 16.7 Å². The molecule has 0 saturated heterocycles. The first-order chi connectivity index (χ1) is 13.0. The number of aromatic carboxylic acids is 1. The monoisotopic (exact) mass is 377 g/mol. The van der Waals surface area contributed by atoms with E-state index < -0.39 is 5.97 Å². The molecule has 1 aromatic heterocycles. The maximum Gasteiger partial charge on any atom is 0.335 e. The maximum atomic E-state index is 11.3. The lowest BCUT2D eigenvalue weighted by Gasteiger charge is -2.07. The number of hydrogen-bond acceptors (Lipinski definition) is 5. The van der Waals surface area contributed by atoms with Gasteiger partial charge in [-0.05, 0) is 55.0 Å². The Morgan fingerprint density at radius 3 is 2.44 bits per heavy atom. The van der Waals surface area contributed by atoms with Gasteiger partial charge in [-0.2, -0.15) is 0 Å². The summed E-state index contributed by atoms with van der Waals surface area (Å²) in [6.45, 7) is 1.64. The number of hydrogen-bond donors (Lipinski definition) is 2. The van der Waals surface area contributed by atoms with E-state index in [1.807, 2.05) is 48.5 Å². The highest BCUT2D eigenvalue weighted by atomic mass is 32.2. The highest BCUT2D eigenvalue weighted by Gasteiger charge is 2.15. The van der Waals surface area contributed by atoms with Crippen LogP contribution in [0.2, 0.25) is 0 Å². The number of nitrogens with zero attached hydrogens (tertiary/aromatic N) is 3. The van der Waals surface area contributed by atoms with Crippen LogP contribution in [0.3, 0.4) is 0 Å². The van der Waals surface area contributed by atoms with Crippen molar-refractivity contribution in [3.05, 3.63) is 71.8 Å². The van der Waals surface area contributed by atoms with Gasteiger partial charge in [-0.1, -0.05) is 30.0 Å². The molecule has 0 saturated carbocycles. The summed E-state index contributed by atoms with van der Waals surface area (Å²) in [7, 11) is 0. The molecule has 6 nitrogen and oxygen atoms in total. The topological polar surface area (TPSA) is 88.2 Å². The van der Waals surface area contributed by atoms with Crippen LogP contribution in [0, 0.1) is 6.92 Å². The van der Waals surface area contributed by atoms with Gasteiger partial charge < -0.3 is 10.2 Å². The van der Waals surface area contributed by atoms with Crippen molar-refractivity contribution >= 4 is 28.8 Å². The van der Waals surface area contributed by atoms with E-state index in [1.165, 1.54) is 16.9 Å². The number of rotatable bonds is 4. The summed E-state index contributed by atoms with van der Waals surface area (Å²) < 4.78 is 0. The van der Waals surface area contributed by atoms with Crippen molar-refractivity contribution in [1.29, 1.82) is 0 Å². The van der Waals surface area contributed by atoms with Crippen LogP contribution in [0.4, 0.5) is 0 Å². The molecule has 0 unspecified atom stereocenters. The van der Waals surface area contributed by atoms with Crippen molar-refractivity contribution in [3.63, 3.8) is 0 Å². The molecular formula is C20H15N3O3S. The van der Waals surface area contributed by atoms with Gasteiger partial charge in [0.1, 0.15) is 22.5 Å². The van der Waals surface area contributed by atoms with Crippen LogP contribution >= 0.6 is 11.8 Å². The second kappa shape index (κ2) is 6.77. The van der Waals surface area contributed by atoms with Crippen molar-refractivity contribution in [1.82, 2.24) is 15.0 Å². The Kier molecular flexibility index (Phi) is 4.29. The quantitative estimate of drug-likeness (QED) is 0.552. The van der Waals surface area contributed by atoms with Crippen LogP contribution in [0.15, 0.2) is 70.5 Å². The van der Waals surface area contributed by atoms with Crippen LogP contribution in [0.25, 0.3) is 16.7 Å². The third-order valence-electron chi connectivity index (χ3n) is 4.07. The molecular weight excluding hydrogens is 362 g/mol. The molecule has 0 bridgehead atoms. The normalized spacial score (nSPS) is 11.0. The van der Waals surface area contributed by atoms with Gasteiger partial charge in [0, 0.05) is 9.79 Å². The number of aryl methyl sites for hydroxylation is 1. The first kappa shape index (κ1) is 17.1. The van der Waals surface area contributed by atoms with E-state index in [9.17, 15) is 15.0 Å². The van der Waals surface area contributed by atoms with Crippen LogP contribution in [-0.2, 0) is 0 Å². The number of carboxylic acids is 1. The third kappa shape index (κ3) is 3.37. The number of carbonyl (C=O) groups is 1. The zero-order valence-electron chi connectivity index (χ0n) is 14.3. The maximum absolute atomic E-state index is 11.3. The molecule has 0 spiro atoms. The highest BCUT2D eigenvalue weighted by Crippen LogP contribution is 2.31. The number of fused-ring (bicyclic) bond motifs is 1. The predicted octanol–water partition coefficient (Wildman–Crippen LogP) is 4.28. The van der Waals surface area contributed by atoms with Crippen LogP contribution in [0.5, 0.6) is 5.75 Å². The lowest BCUT2D eigenvalue weighted by atomic mass is 10.1. The summed E-state index contributed by atoms with van der Waals surface area (Å²) in [5, 5.41) is 28.4. The minimum absolute atomic E-state index is 0.0424. The molecule has 0 aliphatic heterocycles. The number of benzene rings is 3. The Labute approximate surface area is 159 Å². The van der Waals surface area contributed by atoms with E-state index in [0.29, 0.717) is 16.6 Å². The zero-order valence-corrected chi connectivity index (χ0v) is 15.1. The lowest BCUT2D eigenvalue weighted by Crippen LogP contribution is -2.04. The van der Waals surface area contributed by atoms with Gasteiger partial charge in [-0.15, -0.1) is 15.0 Å². The van der Waals surface area contributed by atoms with E-state index in [0.717, 1.165) is 9.79 Å². The van der Waals surface area contributed by atoms with Crippen LogP contribution < -0.4 is 0 Å². The van der Waals surface area contributed by atoms with Gasteiger partial charge >= 0.3 is 5.97 Å². The van der Waals surface area contributed by atoms with Crippen molar-refractivity contribution < 1.29 is 15.0 Å². The minimum Gasteiger partial charge on any atom is -0.505 e. The fourth-order valence-corrected chi connectivity index (χ4v) is 3.60. The van der Waals surface area contributed by atoms with Crippen LogP contribution in [0.1, 0.15) is 15.9 Å². The van der Waals surface area contributed by atoms with Gasteiger partial charge in [0.25, 0.3) is 0 Å². The lowest BCUT2D eigenvalue weighted by molar-refractivity contribution is 0.0696. The molecule has 0 amide bonds. The molecule has 0 aliphatic carbocycles. The number of aromatic nitrogens is 3. The Morgan fingerprint density at radius 2 is 1.70 bits per heavy atom. The molecule has 134 valence electrons. The van der Waals surface area contributed by atoms with E-state index in [1.54, 1.807) is 18.7 Å². The molecule has 0 radical (unpaired) electrons. The van der Waals surface area contributed by atoms with Gasteiger partial charge in [0.2, 0.25) is 0 Å². The summed E-state index contributed by atoms with van der Waals surface area (Å²) >= 11 is 1.62. The molecule has 4 rings (SSSR count). The SMILES string of the molecule is Cc1cc(C(=O)O)cc(-n2nc3ccc(Sc4ccccc4)cc3n2)c1O. The Morgan fingerprint density at radius 1 is 0.963 bits per heavy atom. The third-order valence-corrected chi connectivity index (χ3v) is 5.07. The summed E-state index contributed by atoms with van der Waals surface area (Å²) in [6, 6.07) is 18.5. The van der Waals surface area contributed by atoms with E-state index >= 15 is 0 Å². The Balaban J connectivity index is 1.75. The first-order valence-corrected chi connectivity index (χ1v) is 9.00. The number of phenols is 1. The fraction of sp³-hybridized carbons (Fsp3) is 0.0500. The number of carboxylic acid groups (broad SMARTS) is 1. The van der Waals surface area contributed by atoms with Crippen molar-refractivity contribution in [2.24, 2.45) is 0 Å². The van der Waals surface area contributed by atoms with Gasteiger partial charge in [0.15, 0.2) is 0 Å². The van der Waals surface area contributed by atoms with E-state index in [2.05, 4.69) is 10.2 Å². The van der Waals surface area contributed by atoms with Gasteiger partial charge in [-0.3, -0.25) is 0 Å². The summed E-state index contributed by atoms with van der Waals surface area (Å²) in [4.78, 5) is 14.7. The second-order valence-electron chi connectivity index (χ2n) is 6.02. The van der Waals surface area contributed by atoms with Gasteiger partial charge in [0.05, 0.1) is 5.56 Å². The molecule has 0 atom stereocenters. The number of phenolic OH excluding ortho intramolecular Hbond substituents is 1. The first-order valence-electron chi connectivity index (χ1n) is 8.18. The van der Waals surface area contributed by atoms with E-state index in [4.69, 9.17) is 0 Å².